The van der Waals surface area contributed by atoms with Gasteiger partial charge in [0.15, 0.2) is 5.84 Å². The van der Waals surface area contributed by atoms with Gasteiger partial charge in [0.05, 0.1) is 5.41 Å². The molecule has 4 rings (SSSR count). The molecule has 5 nitrogen and oxygen atoms in total. The lowest BCUT2D eigenvalue weighted by molar-refractivity contribution is 0.482. The molecule has 0 saturated heterocycles. The van der Waals surface area contributed by atoms with Gasteiger partial charge in [0.2, 0.25) is 0 Å². The number of nitrogens with zero attached hydrogens (tertiary/aromatic N) is 2. The quantitative estimate of drug-likeness (QED) is 0.778. The van der Waals surface area contributed by atoms with Gasteiger partial charge in [-0.3, -0.25) is 0 Å². The summed E-state index contributed by atoms with van der Waals surface area (Å²) < 4.78 is 33.2. The summed E-state index contributed by atoms with van der Waals surface area (Å²) in [5.74, 6) is 1.72. The highest BCUT2D eigenvalue weighted by Crippen LogP contribution is 2.29. The van der Waals surface area contributed by atoms with Crippen LogP contribution in [0, 0.1) is 0 Å². The zero-order chi connectivity index (χ0) is 18.1. The Bertz CT molecular complexity index is 1070. The van der Waals surface area contributed by atoms with Crippen molar-refractivity contribution in [2.75, 3.05) is 0 Å². The van der Waals surface area contributed by atoms with Crippen molar-refractivity contribution in [3.05, 3.63) is 89.1 Å². The van der Waals surface area contributed by atoms with Crippen LogP contribution in [0.3, 0.4) is 0 Å². The Kier molecular flexibility index (Phi) is 4.14. The highest BCUT2D eigenvalue weighted by atomic mass is 35.5. The van der Waals surface area contributed by atoms with Gasteiger partial charge in [-0.15, -0.1) is 4.40 Å². The molecule has 0 amide bonds. The summed E-state index contributed by atoms with van der Waals surface area (Å²) in [6.45, 7) is 0. The van der Waals surface area contributed by atoms with Crippen molar-refractivity contribution in [2.24, 2.45) is 4.40 Å². The Morgan fingerprint density at radius 1 is 0.923 bits per heavy atom. The van der Waals surface area contributed by atoms with Gasteiger partial charge in [0, 0.05) is 23.0 Å². The first kappa shape index (κ1) is 16.6. The SMILES string of the molecule is O=S1(=O)C=CN2C=CC=C(c3ccc(Oc4ccc(Cl)cc4)cc3)C2=N1. The van der Waals surface area contributed by atoms with Gasteiger partial charge in [-0.25, -0.2) is 0 Å². The van der Waals surface area contributed by atoms with Crippen LogP contribution >= 0.6 is 11.6 Å². The second kappa shape index (κ2) is 6.48. The molecule has 2 aliphatic heterocycles. The van der Waals surface area contributed by atoms with E-state index in [1.807, 2.05) is 36.4 Å². The number of ether oxygens (including phenoxy) is 1. The van der Waals surface area contributed by atoms with E-state index in [1.54, 1.807) is 35.4 Å². The van der Waals surface area contributed by atoms with Crippen LogP contribution in [0.4, 0.5) is 0 Å². The summed E-state index contributed by atoms with van der Waals surface area (Å²) in [5.41, 5.74) is 1.56. The van der Waals surface area contributed by atoms with E-state index in [0.29, 0.717) is 22.4 Å². The molecule has 0 aromatic heterocycles. The van der Waals surface area contributed by atoms with E-state index < -0.39 is 10.0 Å². The smallest absolute Gasteiger partial charge is 0.278 e. The van der Waals surface area contributed by atoms with E-state index in [4.69, 9.17) is 16.3 Å². The molecule has 2 aromatic carbocycles. The number of sulfonamides is 1. The first-order valence-electron chi connectivity index (χ1n) is 7.74. The van der Waals surface area contributed by atoms with Crippen LogP contribution in [-0.4, -0.2) is 19.2 Å². The van der Waals surface area contributed by atoms with Gasteiger partial charge in [0.25, 0.3) is 10.0 Å². The van der Waals surface area contributed by atoms with Crippen molar-refractivity contribution in [1.82, 2.24) is 4.90 Å². The fourth-order valence-corrected chi connectivity index (χ4v) is 3.50. The van der Waals surface area contributed by atoms with Gasteiger partial charge in [0.1, 0.15) is 11.5 Å². The summed E-state index contributed by atoms with van der Waals surface area (Å²) >= 11 is 5.87. The molecule has 0 atom stereocenters. The fraction of sp³-hybridized carbons (Fsp3) is 0. The largest absolute Gasteiger partial charge is 0.457 e. The Morgan fingerprint density at radius 2 is 1.58 bits per heavy atom. The average molecular weight is 385 g/mol. The van der Waals surface area contributed by atoms with E-state index in [1.165, 1.54) is 6.20 Å². The van der Waals surface area contributed by atoms with E-state index in [0.717, 1.165) is 16.5 Å². The van der Waals surface area contributed by atoms with Crippen LogP contribution in [0.15, 0.2) is 82.9 Å². The van der Waals surface area contributed by atoms with Crippen LogP contribution in [-0.2, 0) is 10.0 Å². The first-order chi connectivity index (χ1) is 12.5. The van der Waals surface area contributed by atoms with Gasteiger partial charge in [-0.05, 0) is 54.1 Å². The molecule has 2 heterocycles. The minimum atomic E-state index is -3.59. The monoisotopic (exact) mass is 384 g/mol. The molecule has 0 radical (unpaired) electrons. The number of hydrogen-bond donors (Lipinski definition) is 0. The van der Waals surface area contributed by atoms with E-state index in [9.17, 15) is 8.42 Å². The van der Waals surface area contributed by atoms with Crippen molar-refractivity contribution < 1.29 is 13.2 Å². The van der Waals surface area contributed by atoms with Gasteiger partial charge < -0.3 is 9.64 Å². The number of amidine groups is 1. The highest BCUT2D eigenvalue weighted by Gasteiger charge is 2.23. The van der Waals surface area contributed by atoms with Crippen molar-refractivity contribution in [2.45, 2.75) is 0 Å². The molecular weight excluding hydrogens is 372 g/mol. The lowest BCUT2D eigenvalue weighted by Crippen LogP contribution is -2.27. The molecule has 0 unspecified atom stereocenters. The second-order valence-corrected chi connectivity index (χ2v) is 7.55. The van der Waals surface area contributed by atoms with Crippen molar-refractivity contribution in [1.29, 1.82) is 0 Å². The molecule has 26 heavy (non-hydrogen) atoms. The maximum Gasteiger partial charge on any atom is 0.278 e. The number of hydrogen-bond acceptors (Lipinski definition) is 4. The molecule has 2 aliphatic rings. The zero-order valence-electron chi connectivity index (χ0n) is 13.4. The topological polar surface area (TPSA) is 59.0 Å². The summed E-state index contributed by atoms with van der Waals surface area (Å²) in [6.07, 6.45) is 6.92. The minimum Gasteiger partial charge on any atom is -0.457 e. The van der Waals surface area contributed by atoms with Crippen molar-refractivity contribution >= 4 is 33.0 Å². The van der Waals surface area contributed by atoms with E-state index >= 15 is 0 Å². The van der Waals surface area contributed by atoms with Gasteiger partial charge in [-0.2, -0.15) is 8.42 Å². The standard InChI is InChI=1S/C19H13ClN2O3S/c20-15-5-9-17(10-6-15)25-16-7-3-14(4-8-16)18-2-1-11-22-12-13-26(23,24)21-19(18)22/h1-13H. The van der Waals surface area contributed by atoms with E-state index in [-0.39, 0.29) is 0 Å². The number of rotatable bonds is 3. The van der Waals surface area contributed by atoms with Crippen LogP contribution in [0.5, 0.6) is 11.5 Å². The van der Waals surface area contributed by atoms with E-state index in [2.05, 4.69) is 4.40 Å². The third-order valence-electron chi connectivity index (χ3n) is 3.82. The Balaban J connectivity index is 1.60. The van der Waals surface area contributed by atoms with Crippen molar-refractivity contribution in [3.63, 3.8) is 0 Å². The highest BCUT2D eigenvalue weighted by molar-refractivity contribution is 7.93. The fourth-order valence-electron chi connectivity index (χ4n) is 2.59. The molecular formula is C19H13ClN2O3S. The number of fused-ring (bicyclic) bond motifs is 1. The molecule has 0 fully saturated rings. The molecule has 7 heteroatoms. The van der Waals surface area contributed by atoms with Gasteiger partial charge >= 0.3 is 0 Å². The summed E-state index contributed by atoms with van der Waals surface area (Å²) in [5, 5.41) is 1.72. The summed E-state index contributed by atoms with van der Waals surface area (Å²) in [4.78, 5) is 1.68. The number of benzene rings is 2. The predicted molar refractivity (Wildman–Crippen MR) is 102 cm³/mol. The van der Waals surface area contributed by atoms with Crippen LogP contribution in [0.1, 0.15) is 5.56 Å². The first-order valence-corrected chi connectivity index (χ1v) is 9.63. The Morgan fingerprint density at radius 3 is 2.27 bits per heavy atom. The third-order valence-corrected chi connectivity index (χ3v) is 4.96. The molecule has 0 N–H and O–H groups in total. The Labute approximate surface area is 156 Å². The lowest BCUT2D eigenvalue weighted by Gasteiger charge is -2.25. The predicted octanol–water partition coefficient (Wildman–Crippen LogP) is 4.56. The third kappa shape index (κ3) is 3.42. The normalized spacial score (nSPS) is 17.3. The number of halogens is 1. The Hall–Kier alpha value is -2.83. The van der Waals surface area contributed by atoms with Gasteiger partial charge in [-0.1, -0.05) is 23.7 Å². The summed E-state index contributed by atoms with van der Waals surface area (Å²) in [6, 6.07) is 14.5. The average Bonchev–Trinajstić information content (AvgIpc) is 2.63. The van der Waals surface area contributed by atoms with Crippen LogP contribution < -0.4 is 4.74 Å². The van der Waals surface area contributed by atoms with Crippen LogP contribution in [0.25, 0.3) is 5.57 Å². The zero-order valence-corrected chi connectivity index (χ0v) is 15.0. The number of allylic oxidation sites excluding steroid dienone is 2. The lowest BCUT2D eigenvalue weighted by atomic mass is 10.0. The summed E-state index contributed by atoms with van der Waals surface area (Å²) in [7, 11) is -3.59. The van der Waals surface area contributed by atoms with Crippen molar-refractivity contribution in [3.8, 4) is 11.5 Å². The molecule has 0 saturated carbocycles. The van der Waals surface area contributed by atoms with Crippen LogP contribution in [0.2, 0.25) is 5.02 Å². The second-order valence-electron chi connectivity index (χ2n) is 5.62. The maximum absolute atomic E-state index is 11.8. The maximum atomic E-state index is 11.8. The molecule has 0 bridgehead atoms. The molecule has 130 valence electrons. The minimum absolute atomic E-state index is 0.376. The molecule has 2 aromatic rings. The molecule has 0 aliphatic carbocycles. The molecule has 0 spiro atoms.